The second-order valence-corrected chi connectivity index (χ2v) is 11.6. The molecule has 2 aliphatic rings. The van der Waals surface area contributed by atoms with E-state index in [4.69, 9.17) is 4.84 Å². The SMILES string of the molecule is O=C(CCC(=O)N1Cc2ccccc2C=Cc2ccccc21)NCCSSCCC(=O)ON1C(=O)CCC1=O. The molecule has 4 rings (SSSR count). The molecule has 0 atom stereocenters. The third-order valence-electron chi connectivity index (χ3n) is 6.10. The maximum Gasteiger partial charge on any atom is 0.334 e. The molecule has 0 bridgehead atoms. The van der Waals surface area contributed by atoms with Crippen LogP contribution < -0.4 is 10.2 Å². The zero-order chi connectivity index (χ0) is 27.6. The van der Waals surface area contributed by atoms with Crippen molar-refractivity contribution in [2.75, 3.05) is 23.0 Å². The number of nitrogens with zero attached hydrogens (tertiary/aromatic N) is 2. The first kappa shape index (κ1) is 28.4. The van der Waals surface area contributed by atoms with E-state index < -0.39 is 17.8 Å². The molecule has 1 fully saturated rings. The second kappa shape index (κ2) is 14.0. The van der Waals surface area contributed by atoms with Gasteiger partial charge in [-0.2, -0.15) is 0 Å². The Labute approximate surface area is 234 Å². The zero-order valence-electron chi connectivity index (χ0n) is 21.3. The molecule has 11 heteroatoms. The van der Waals surface area contributed by atoms with Crippen molar-refractivity contribution in [1.29, 1.82) is 0 Å². The highest BCUT2D eigenvalue weighted by molar-refractivity contribution is 8.76. The smallest absolute Gasteiger partial charge is 0.334 e. The molecule has 2 aromatic rings. The number of carbonyl (C=O) groups is 5. The van der Waals surface area contributed by atoms with E-state index in [1.807, 2.05) is 54.6 Å². The van der Waals surface area contributed by atoms with Crippen LogP contribution in [0.4, 0.5) is 5.69 Å². The number of hydrogen-bond donors (Lipinski definition) is 1. The molecule has 0 spiro atoms. The summed E-state index contributed by atoms with van der Waals surface area (Å²) in [6, 6.07) is 15.7. The highest BCUT2D eigenvalue weighted by atomic mass is 33.1. The molecule has 2 heterocycles. The lowest BCUT2D eigenvalue weighted by Crippen LogP contribution is -2.33. The Bertz CT molecular complexity index is 1270. The summed E-state index contributed by atoms with van der Waals surface area (Å²) in [6.07, 6.45) is 4.44. The first-order chi connectivity index (χ1) is 18.9. The molecule has 0 saturated carbocycles. The number of benzene rings is 2. The minimum Gasteiger partial charge on any atom is -0.355 e. The molecule has 1 saturated heterocycles. The lowest BCUT2D eigenvalue weighted by Gasteiger charge is -2.27. The fourth-order valence-corrected chi connectivity index (χ4v) is 5.97. The van der Waals surface area contributed by atoms with Crippen LogP contribution in [-0.2, 0) is 35.4 Å². The fourth-order valence-electron chi connectivity index (χ4n) is 4.10. The Balaban J connectivity index is 1.15. The van der Waals surface area contributed by atoms with Gasteiger partial charge < -0.3 is 15.1 Å². The van der Waals surface area contributed by atoms with Gasteiger partial charge in [-0.25, -0.2) is 4.79 Å². The van der Waals surface area contributed by atoms with Crippen molar-refractivity contribution in [2.24, 2.45) is 0 Å². The van der Waals surface area contributed by atoms with E-state index >= 15 is 0 Å². The van der Waals surface area contributed by atoms with Gasteiger partial charge in [-0.3, -0.25) is 19.2 Å². The summed E-state index contributed by atoms with van der Waals surface area (Å²) in [5.74, 6) is -0.881. The third-order valence-corrected chi connectivity index (χ3v) is 8.51. The Morgan fingerprint density at radius 2 is 1.49 bits per heavy atom. The van der Waals surface area contributed by atoms with Gasteiger partial charge in [0.25, 0.3) is 11.8 Å². The number of hydroxylamine groups is 2. The van der Waals surface area contributed by atoms with E-state index in [2.05, 4.69) is 11.4 Å². The standard InChI is InChI=1S/C28H29N3O6S2/c32-24(29-16-18-39-38-17-15-28(36)37-31-26(34)13-14-27(31)35)11-12-25(33)30-19-22-7-2-1-5-20(22)9-10-21-6-3-4-8-23(21)30/h1-10H,11-19H2,(H,29,32). The molecule has 0 aromatic heterocycles. The van der Waals surface area contributed by atoms with Crippen LogP contribution in [-0.4, -0.2) is 52.7 Å². The first-order valence-corrected chi connectivity index (χ1v) is 15.1. The quantitative estimate of drug-likeness (QED) is 0.247. The van der Waals surface area contributed by atoms with Crippen LogP contribution in [0, 0.1) is 0 Å². The van der Waals surface area contributed by atoms with Crippen LogP contribution >= 0.6 is 21.6 Å². The number of imide groups is 1. The Morgan fingerprint density at radius 1 is 0.821 bits per heavy atom. The van der Waals surface area contributed by atoms with Crippen LogP contribution in [0.25, 0.3) is 12.2 Å². The molecular weight excluding hydrogens is 538 g/mol. The van der Waals surface area contributed by atoms with E-state index in [0.29, 0.717) is 29.7 Å². The predicted molar refractivity (Wildman–Crippen MR) is 152 cm³/mol. The van der Waals surface area contributed by atoms with Crippen molar-refractivity contribution in [2.45, 2.75) is 38.6 Å². The van der Waals surface area contributed by atoms with Crippen molar-refractivity contribution in [1.82, 2.24) is 10.4 Å². The summed E-state index contributed by atoms with van der Waals surface area (Å²) in [4.78, 5) is 66.9. The number of nitrogens with one attached hydrogen (secondary N) is 1. The minimum atomic E-state index is -0.633. The number of fused-ring (bicyclic) bond motifs is 2. The van der Waals surface area contributed by atoms with Crippen molar-refractivity contribution < 1.29 is 28.8 Å². The van der Waals surface area contributed by atoms with Crippen molar-refractivity contribution in [3.63, 3.8) is 0 Å². The average Bonchev–Trinajstić information content (AvgIpc) is 3.24. The third kappa shape index (κ3) is 7.96. The van der Waals surface area contributed by atoms with Gasteiger partial charge in [-0.05, 0) is 22.8 Å². The molecule has 0 aliphatic carbocycles. The molecule has 4 amide bonds. The molecule has 39 heavy (non-hydrogen) atoms. The highest BCUT2D eigenvalue weighted by Gasteiger charge is 2.32. The summed E-state index contributed by atoms with van der Waals surface area (Å²) in [6.45, 7) is 0.862. The Hall–Kier alpha value is -3.57. The predicted octanol–water partition coefficient (Wildman–Crippen LogP) is 3.98. The van der Waals surface area contributed by atoms with Crippen LogP contribution in [0.5, 0.6) is 0 Å². The Morgan fingerprint density at radius 3 is 2.28 bits per heavy atom. The van der Waals surface area contributed by atoms with Gasteiger partial charge in [-0.15, -0.1) is 5.06 Å². The molecular formula is C28H29N3O6S2. The molecule has 2 aromatic carbocycles. The number of para-hydroxylation sites is 1. The molecule has 0 radical (unpaired) electrons. The van der Waals surface area contributed by atoms with Crippen LogP contribution in [0.15, 0.2) is 48.5 Å². The number of amides is 4. The normalized spacial score (nSPS) is 14.4. The van der Waals surface area contributed by atoms with Crippen molar-refractivity contribution in [3.8, 4) is 0 Å². The summed E-state index contributed by atoms with van der Waals surface area (Å²) >= 11 is 0. The number of anilines is 1. The largest absolute Gasteiger partial charge is 0.355 e. The Kier molecular flexibility index (Phi) is 10.2. The summed E-state index contributed by atoms with van der Waals surface area (Å²) in [5.41, 5.74) is 3.88. The van der Waals surface area contributed by atoms with E-state index in [1.165, 1.54) is 21.6 Å². The summed E-state index contributed by atoms with van der Waals surface area (Å²) < 4.78 is 0. The second-order valence-electron chi connectivity index (χ2n) is 8.86. The molecule has 204 valence electrons. The van der Waals surface area contributed by atoms with E-state index in [9.17, 15) is 24.0 Å². The highest BCUT2D eigenvalue weighted by Crippen LogP contribution is 2.29. The van der Waals surface area contributed by atoms with Crippen LogP contribution in [0.2, 0.25) is 0 Å². The number of hydrogen-bond acceptors (Lipinski definition) is 8. The fraction of sp³-hybridized carbons (Fsp3) is 0.321. The van der Waals surface area contributed by atoms with Gasteiger partial charge in [0.15, 0.2) is 0 Å². The molecule has 2 aliphatic heterocycles. The van der Waals surface area contributed by atoms with Crippen LogP contribution in [0.3, 0.4) is 0 Å². The minimum absolute atomic E-state index is 0.0586. The van der Waals surface area contributed by atoms with Crippen LogP contribution in [0.1, 0.15) is 48.8 Å². The van der Waals surface area contributed by atoms with E-state index in [1.54, 1.807) is 4.90 Å². The van der Waals surface area contributed by atoms with Gasteiger partial charge in [0.1, 0.15) is 0 Å². The van der Waals surface area contributed by atoms with Gasteiger partial charge >= 0.3 is 5.97 Å². The summed E-state index contributed by atoms with van der Waals surface area (Å²) in [7, 11) is 2.91. The monoisotopic (exact) mass is 567 g/mol. The van der Waals surface area contributed by atoms with Crippen molar-refractivity contribution in [3.05, 3.63) is 65.2 Å². The molecule has 0 unspecified atom stereocenters. The topological polar surface area (TPSA) is 113 Å². The van der Waals surface area contributed by atoms with E-state index in [0.717, 1.165) is 22.4 Å². The van der Waals surface area contributed by atoms with Gasteiger partial charge in [-0.1, -0.05) is 76.2 Å². The van der Waals surface area contributed by atoms with Gasteiger partial charge in [0.05, 0.1) is 18.7 Å². The first-order valence-electron chi connectivity index (χ1n) is 12.7. The van der Waals surface area contributed by atoms with Gasteiger partial charge in [0, 0.05) is 43.7 Å². The lowest BCUT2D eigenvalue weighted by molar-refractivity contribution is -0.197. The number of carbonyl (C=O) groups excluding carboxylic acids is 5. The molecule has 9 nitrogen and oxygen atoms in total. The average molecular weight is 568 g/mol. The summed E-state index contributed by atoms with van der Waals surface area (Å²) in [5, 5.41) is 3.37. The maximum atomic E-state index is 13.2. The maximum absolute atomic E-state index is 13.2. The number of rotatable bonds is 11. The zero-order valence-corrected chi connectivity index (χ0v) is 22.9. The molecule has 1 N–H and O–H groups in total. The van der Waals surface area contributed by atoms with Crippen molar-refractivity contribution >= 4 is 69.0 Å². The lowest BCUT2D eigenvalue weighted by atomic mass is 10.0. The van der Waals surface area contributed by atoms with E-state index in [-0.39, 0.29) is 43.9 Å². The van der Waals surface area contributed by atoms with Gasteiger partial charge in [0.2, 0.25) is 11.8 Å².